The van der Waals surface area contributed by atoms with Crippen molar-refractivity contribution in [2.75, 3.05) is 7.11 Å². The molecule has 0 aliphatic heterocycles. The molecule has 0 atom stereocenters. The van der Waals surface area contributed by atoms with Crippen molar-refractivity contribution in [1.82, 2.24) is 5.43 Å². The smallest absolute Gasteiger partial charge is 0.271 e. The third-order valence-corrected chi connectivity index (χ3v) is 5.47. The molecule has 4 rings (SSSR count). The molecule has 0 fully saturated rings. The van der Waals surface area contributed by atoms with Gasteiger partial charge >= 0.3 is 0 Å². The topological polar surface area (TPSA) is 50.7 Å². The molecule has 3 aromatic carbocycles. The molecule has 1 N–H and O–H groups in total. The average Bonchev–Trinajstić information content (AvgIpc) is 3.11. The van der Waals surface area contributed by atoms with Crippen molar-refractivity contribution in [3.05, 3.63) is 89.3 Å². The van der Waals surface area contributed by atoms with Crippen LogP contribution in [0, 0.1) is 0 Å². The molecule has 0 aliphatic carbocycles. The number of fused-ring (bicyclic) bond motifs is 1. The molecule has 0 aliphatic rings. The predicted molar refractivity (Wildman–Crippen MR) is 115 cm³/mol. The van der Waals surface area contributed by atoms with Crippen LogP contribution in [0.25, 0.3) is 21.2 Å². The number of nitrogens with one attached hydrogen (secondary N) is 1. The van der Waals surface area contributed by atoms with E-state index in [0.717, 1.165) is 31.8 Å². The van der Waals surface area contributed by atoms with Gasteiger partial charge in [0.25, 0.3) is 5.91 Å². The lowest BCUT2D eigenvalue weighted by molar-refractivity contribution is 0.0955. The molecular formula is C23H18N2O2S. The number of amides is 1. The average molecular weight is 386 g/mol. The van der Waals surface area contributed by atoms with E-state index in [0.29, 0.717) is 5.56 Å². The number of thiophene rings is 1. The Balaban J connectivity index is 1.47. The highest BCUT2D eigenvalue weighted by Crippen LogP contribution is 2.36. The Morgan fingerprint density at radius 3 is 2.36 bits per heavy atom. The molecule has 28 heavy (non-hydrogen) atoms. The molecule has 0 bridgehead atoms. The number of carbonyl (C=O) groups excluding carboxylic acids is 1. The zero-order valence-corrected chi connectivity index (χ0v) is 16.1. The van der Waals surface area contributed by atoms with Gasteiger partial charge in [-0.2, -0.15) is 5.10 Å². The second-order valence-corrected chi connectivity index (χ2v) is 7.22. The first-order chi connectivity index (χ1) is 13.8. The van der Waals surface area contributed by atoms with Gasteiger partial charge in [-0.15, -0.1) is 11.3 Å². The molecule has 4 aromatic rings. The van der Waals surface area contributed by atoms with Crippen molar-refractivity contribution in [3.63, 3.8) is 0 Å². The van der Waals surface area contributed by atoms with Crippen LogP contribution in [-0.2, 0) is 0 Å². The lowest BCUT2D eigenvalue weighted by Crippen LogP contribution is -2.17. The molecule has 0 saturated carbocycles. The van der Waals surface area contributed by atoms with Crippen LogP contribution in [0.1, 0.15) is 15.2 Å². The van der Waals surface area contributed by atoms with Crippen molar-refractivity contribution in [2.24, 2.45) is 5.10 Å². The number of methoxy groups -OCH3 is 1. The van der Waals surface area contributed by atoms with Gasteiger partial charge in [0.15, 0.2) is 0 Å². The molecule has 0 saturated heterocycles. The van der Waals surface area contributed by atoms with Gasteiger partial charge in [-0.3, -0.25) is 4.79 Å². The first-order valence-electron chi connectivity index (χ1n) is 8.80. The van der Waals surface area contributed by atoms with E-state index < -0.39 is 0 Å². The van der Waals surface area contributed by atoms with Gasteiger partial charge in [0, 0.05) is 15.6 Å². The van der Waals surface area contributed by atoms with E-state index in [1.807, 2.05) is 66.7 Å². The Morgan fingerprint density at radius 2 is 1.61 bits per heavy atom. The van der Waals surface area contributed by atoms with Crippen LogP contribution in [0.2, 0.25) is 0 Å². The van der Waals surface area contributed by atoms with E-state index in [1.54, 1.807) is 36.8 Å². The fraction of sp³-hybridized carbons (Fsp3) is 0.0435. The summed E-state index contributed by atoms with van der Waals surface area (Å²) in [7, 11) is 1.64. The van der Waals surface area contributed by atoms with E-state index in [1.165, 1.54) is 0 Å². The molecule has 0 radical (unpaired) electrons. The van der Waals surface area contributed by atoms with E-state index >= 15 is 0 Å². The third kappa shape index (κ3) is 3.66. The summed E-state index contributed by atoms with van der Waals surface area (Å²) < 4.78 is 6.62. The summed E-state index contributed by atoms with van der Waals surface area (Å²) in [5, 5.41) is 5.15. The molecule has 138 valence electrons. The van der Waals surface area contributed by atoms with Crippen molar-refractivity contribution in [2.45, 2.75) is 0 Å². The van der Waals surface area contributed by atoms with Crippen molar-refractivity contribution in [3.8, 4) is 16.9 Å². The summed E-state index contributed by atoms with van der Waals surface area (Å²) in [6.07, 6.45) is 1.62. The molecular weight excluding hydrogens is 368 g/mol. The van der Waals surface area contributed by atoms with Crippen LogP contribution < -0.4 is 10.2 Å². The number of hydrogen-bond donors (Lipinski definition) is 1. The number of hydrazone groups is 1. The summed E-state index contributed by atoms with van der Waals surface area (Å²) in [6.45, 7) is 0. The third-order valence-electron chi connectivity index (χ3n) is 4.38. The fourth-order valence-corrected chi connectivity index (χ4v) is 4.04. The van der Waals surface area contributed by atoms with E-state index in [9.17, 15) is 4.79 Å². The van der Waals surface area contributed by atoms with Crippen LogP contribution in [0.3, 0.4) is 0 Å². The lowest BCUT2D eigenvalue weighted by atomic mass is 10.0. The minimum absolute atomic E-state index is 0.254. The molecule has 0 unspecified atom stereocenters. The maximum atomic E-state index is 12.4. The van der Waals surface area contributed by atoms with E-state index in [2.05, 4.69) is 10.5 Å². The van der Waals surface area contributed by atoms with Crippen molar-refractivity contribution < 1.29 is 9.53 Å². The van der Waals surface area contributed by atoms with Gasteiger partial charge in [-0.25, -0.2) is 5.43 Å². The summed E-state index contributed by atoms with van der Waals surface area (Å²) in [5.74, 6) is 0.516. The summed E-state index contributed by atoms with van der Waals surface area (Å²) >= 11 is 1.57. The monoisotopic (exact) mass is 386 g/mol. The van der Waals surface area contributed by atoms with Gasteiger partial charge in [0.1, 0.15) is 5.75 Å². The Hall–Kier alpha value is -3.44. The lowest BCUT2D eigenvalue weighted by Gasteiger charge is -2.04. The Kier molecular flexibility index (Phi) is 5.17. The number of benzene rings is 3. The second-order valence-electron chi connectivity index (χ2n) is 6.14. The molecule has 1 heterocycles. The standard InChI is InChI=1S/C23H18N2O2S/c1-27-22-19-9-5-6-10-20(19)28-21(22)15-24-25-23(26)18-13-11-17(12-14-18)16-7-3-2-4-8-16/h2-15H,1H3,(H,25,26)/b24-15+. The normalized spacial score (nSPS) is 11.0. The second kappa shape index (κ2) is 8.06. The molecule has 0 spiro atoms. The van der Waals surface area contributed by atoms with Crippen LogP contribution in [0.4, 0.5) is 0 Å². The van der Waals surface area contributed by atoms with Crippen LogP contribution in [0.5, 0.6) is 5.75 Å². The highest BCUT2D eigenvalue weighted by molar-refractivity contribution is 7.21. The highest BCUT2D eigenvalue weighted by Gasteiger charge is 2.11. The Labute approximate surface area is 167 Å². The van der Waals surface area contributed by atoms with E-state index in [-0.39, 0.29) is 5.91 Å². The number of ether oxygens (including phenoxy) is 1. The number of nitrogens with zero attached hydrogens (tertiary/aromatic N) is 1. The maximum Gasteiger partial charge on any atom is 0.271 e. The van der Waals surface area contributed by atoms with Gasteiger partial charge in [0.2, 0.25) is 0 Å². The van der Waals surface area contributed by atoms with E-state index in [4.69, 9.17) is 4.74 Å². The maximum absolute atomic E-state index is 12.4. The molecule has 1 aromatic heterocycles. The fourth-order valence-electron chi connectivity index (χ4n) is 3.00. The molecule has 1 amide bonds. The zero-order chi connectivity index (χ0) is 19.3. The van der Waals surface area contributed by atoms with Crippen LogP contribution >= 0.6 is 11.3 Å². The molecule has 4 nitrogen and oxygen atoms in total. The van der Waals surface area contributed by atoms with Gasteiger partial charge < -0.3 is 4.74 Å². The first-order valence-corrected chi connectivity index (χ1v) is 9.62. The number of hydrogen-bond acceptors (Lipinski definition) is 4. The van der Waals surface area contributed by atoms with Gasteiger partial charge in [-0.1, -0.05) is 54.6 Å². The highest BCUT2D eigenvalue weighted by atomic mass is 32.1. The minimum Gasteiger partial charge on any atom is -0.495 e. The summed E-state index contributed by atoms with van der Waals surface area (Å²) in [6, 6.07) is 25.5. The van der Waals surface area contributed by atoms with Crippen molar-refractivity contribution in [1.29, 1.82) is 0 Å². The predicted octanol–water partition coefficient (Wildman–Crippen LogP) is 5.34. The molecule has 5 heteroatoms. The van der Waals surface area contributed by atoms with Crippen LogP contribution in [0.15, 0.2) is 84.0 Å². The quantitative estimate of drug-likeness (QED) is 0.372. The largest absolute Gasteiger partial charge is 0.495 e. The van der Waals surface area contributed by atoms with Crippen molar-refractivity contribution >= 4 is 33.5 Å². The summed E-state index contributed by atoms with van der Waals surface area (Å²) in [4.78, 5) is 13.2. The van der Waals surface area contributed by atoms with Gasteiger partial charge in [0.05, 0.1) is 18.2 Å². The Morgan fingerprint density at radius 1 is 0.929 bits per heavy atom. The number of carbonyl (C=O) groups is 1. The SMILES string of the molecule is COc1c(/C=N/NC(=O)c2ccc(-c3ccccc3)cc2)sc2ccccc12. The first kappa shape index (κ1) is 17.9. The summed E-state index contributed by atoms with van der Waals surface area (Å²) in [5.41, 5.74) is 5.32. The Bertz CT molecular complexity index is 1130. The number of rotatable bonds is 5. The van der Waals surface area contributed by atoms with Gasteiger partial charge in [-0.05, 0) is 35.4 Å². The minimum atomic E-state index is -0.254. The zero-order valence-electron chi connectivity index (χ0n) is 15.3. The van der Waals surface area contributed by atoms with Crippen LogP contribution in [-0.4, -0.2) is 19.2 Å².